The fourth-order valence-electron chi connectivity index (χ4n) is 1.64. The smallest absolute Gasteiger partial charge is 0.242 e. The number of nitrogens with one attached hydrogen (secondary N) is 2. The molecular weight excluding hydrogens is 258 g/mol. The van der Waals surface area contributed by atoms with E-state index in [9.17, 15) is 4.79 Å². The van der Waals surface area contributed by atoms with Gasteiger partial charge in [0.15, 0.2) is 0 Å². The minimum atomic E-state index is -0.375. The quantitative estimate of drug-likeness (QED) is 0.840. The van der Waals surface area contributed by atoms with E-state index in [4.69, 9.17) is 9.15 Å². The van der Waals surface area contributed by atoms with Gasteiger partial charge in [-0.1, -0.05) is 0 Å². The van der Waals surface area contributed by atoms with Crippen molar-refractivity contribution in [3.63, 3.8) is 0 Å². The molecule has 2 aromatic heterocycles. The molecule has 0 aliphatic carbocycles. The molecule has 6 heteroatoms. The molecule has 0 bridgehead atoms. The van der Waals surface area contributed by atoms with E-state index in [-0.39, 0.29) is 11.9 Å². The number of furan rings is 1. The molecule has 6 nitrogen and oxygen atoms in total. The third-order valence-corrected chi connectivity index (χ3v) is 2.74. The van der Waals surface area contributed by atoms with Crippen molar-refractivity contribution in [2.24, 2.45) is 0 Å². The van der Waals surface area contributed by atoms with Crippen molar-refractivity contribution in [2.45, 2.75) is 19.5 Å². The van der Waals surface area contributed by atoms with Crippen LogP contribution in [0.3, 0.4) is 0 Å². The van der Waals surface area contributed by atoms with Crippen LogP contribution < -0.4 is 15.4 Å². The SMILES string of the molecule is COc1ccc(NC(C)C(=O)NCc2ccco2)cn1. The third kappa shape index (κ3) is 3.74. The number of amides is 1. The van der Waals surface area contributed by atoms with Gasteiger partial charge in [0.1, 0.15) is 11.8 Å². The van der Waals surface area contributed by atoms with Crippen LogP contribution >= 0.6 is 0 Å². The lowest BCUT2D eigenvalue weighted by Gasteiger charge is -2.14. The average molecular weight is 275 g/mol. The standard InChI is InChI=1S/C14H17N3O3/c1-10(14(18)16-9-12-4-3-7-20-12)17-11-5-6-13(19-2)15-8-11/h3-8,10,17H,9H2,1-2H3,(H,16,18). The Kier molecular flexibility index (Phi) is 4.60. The highest BCUT2D eigenvalue weighted by Gasteiger charge is 2.12. The van der Waals surface area contributed by atoms with Gasteiger partial charge in [0.2, 0.25) is 11.8 Å². The van der Waals surface area contributed by atoms with E-state index in [0.717, 1.165) is 11.4 Å². The number of anilines is 1. The average Bonchev–Trinajstić information content (AvgIpc) is 2.98. The van der Waals surface area contributed by atoms with Gasteiger partial charge in [-0.3, -0.25) is 4.79 Å². The van der Waals surface area contributed by atoms with Gasteiger partial charge in [-0.05, 0) is 25.1 Å². The van der Waals surface area contributed by atoms with E-state index in [2.05, 4.69) is 15.6 Å². The molecule has 0 aromatic carbocycles. The van der Waals surface area contributed by atoms with Crippen LogP contribution in [-0.4, -0.2) is 24.0 Å². The lowest BCUT2D eigenvalue weighted by molar-refractivity contribution is -0.121. The molecule has 2 aromatic rings. The number of hydrogen-bond donors (Lipinski definition) is 2. The van der Waals surface area contributed by atoms with Crippen LogP contribution in [0.15, 0.2) is 41.1 Å². The molecule has 2 N–H and O–H groups in total. The molecule has 0 radical (unpaired) electrons. The summed E-state index contributed by atoms with van der Waals surface area (Å²) >= 11 is 0. The van der Waals surface area contributed by atoms with Gasteiger partial charge in [0.05, 0.1) is 31.8 Å². The molecule has 2 heterocycles. The second kappa shape index (κ2) is 6.60. The van der Waals surface area contributed by atoms with Crippen LogP contribution in [-0.2, 0) is 11.3 Å². The maximum atomic E-state index is 11.9. The first-order valence-electron chi connectivity index (χ1n) is 6.25. The number of ether oxygens (including phenoxy) is 1. The summed E-state index contributed by atoms with van der Waals surface area (Å²) in [6.07, 6.45) is 3.20. The van der Waals surface area contributed by atoms with Crippen molar-refractivity contribution in [2.75, 3.05) is 12.4 Å². The molecule has 0 fully saturated rings. The number of hydrogen-bond acceptors (Lipinski definition) is 5. The van der Waals surface area contributed by atoms with Gasteiger partial charge in [0.25, 0.3) is 0 Å². The molecule has 20 heavy (non-hydrogen) atoms. The predicted molar refractivity (Wildman–Crippen MR) is 74.4 cm³/mol. The zero-order valence-corrected chi connectivity index (χ0v) is 11.4. The molecule has 0 aliphatic heterocycles. The lowest BCUT2D eigenvalue weighted by atomic mass is 10.3. The Bertz CT molecular complexity index is 537. The number of rotatable bonds is 6. The van der Waals surface area contributed by atoms with Crippen LogP contribution in [0.5, 0.6) is 5.88 Å². The molecule has 1 amide bonds. The highest BCUT2D eigenvalue weighted by molar-refractivity contribution is 5.84. The number of pyridine rings is 1. The Labute approximate surface area is 117 Å². The Hall–Kier alpha value is -2.50. The third-order valence-electron chi connectivity index (χ3n) is 2.74. The molecule has 0 aliphatic rings. The van der Waals surface area contributed by atoms with E-state index in [1.54, 1.807) is 38.6 Å². The monoisotopic (exact) mass is 275 g/mol. The Morgan fingerprint density at radius 1 is 1.45 bits per heavy atom. The largest absolute Gasteiger partial charge is 0.481 e. The highest BCUT2D eigenvalue weighted by atomic mass is 16.5. The fourth-order valence-corrected chi connectivity index (χ4v) is 1.64. The topological polar surface area (TPSA) is 76.4 Å². The van der Waals surface area contributed by atoms with Gasteiger partial charge >= 0.3 is 0 Å². The molecular formula is C14H17N3O3. The van der Waals surface area contributed by atoms with Crippen LogP contribution in [0.1, 0.15) is 12.7 Å². The molecule has 0 saturated carbocycles. The summed E-state index contributed by atoms with van der Waals surface area (Å²) in [6, 6.07) is 6.76. The van der Waals surface area contributed by atoms with Crippen molar-refractivity contribution in [3.8, 4) is 5.88 Å². The molecule has 106 valence electrons. The van der Waals surface area contributed by atoms with Crippen molar-refractivity contribution < 1.29 is 13.9 Å². The van der Waals surface area contributed by atoms with Crippen LogP contribution in [0.2, 0.25) is 0 Å². The summed E-state index contributed by atoms with van der Waals surface area (Å²) in [5.41, 5.74) is 0.756. The van der Waals surface area contributed by atoms with Gasteiger partial charge in [-0.25, -0.2) is 4.98 Å². The van der Waals surface area contributed by atoms with Gasteiger partial charge < -0.3 is 19.8 Å². The minimum absolute atomic E-state index is 0.114. The van der Waals surface area contributed by atoms with Crippen molar-refractivity contribution in [1.29, 1.82) is 0 Å². The number of methoxy groups -OCH3 is 1. The van der Waals surface area contributed by atoms with Crippen LogP contribution in [0.25, 0.3) is 0 Å². The number of carbonyl (C=O) groups is 1. The van der Waals surface area contributed by atoms with Gasteiger partial charge in [-0.15, -0.1) is 0 Å². The normalized spacial score (nSPS) is 11.7. The second-order valence-electron chi connectivity index (χ2n) is 4.25. The summed E-state index contributed by atoms with van der Waals surface area (Å²) in [4.78, 5) is 16.0. The van der Waals surface area contributed by atoms with E-state index in [1.807, 2.05) is 12.1 Å². The first-order chi connectivity index (χ1) is 9.69. The van der Waals surface area contributed by atoms with E-state index in [1.165, 1.54) is 0 Å². The van der Waals surface area contributed by atoms with E-state index >= 15 is 0 Å². The first-order valence-corrected chi connectivity index (χ1v) is 6.25. The highest BCUT2D eigenvalue weighted by Crippen LogP contribution is 2.12. The summed E-state index contributed by atoms with van der Waals surface area (Å²) in [7, 11) is 1.56. The second-order valence-corrected chi connectivity index (χ2v) is 4.25. The van der Waals surface area contributed by atoms with E-state index in [0.29, 0.717) is 12.4 Å². The Morgan fingerprint density at radius 3 is 2.90 bits per heavy atom. The van der Waals surface area contributed by atoms with Crippen molar-refractivity contribution >= 4 is 11.6 Å². The maximum absolute atomic E-state index is 11.9. The summed E-state index contributed by atoms with van der Waals surface area (Å²) in [5, 5.41) is 5.85. The molecule has 0 saturated heterocycles. The van der Waals surface area contributed by atoms with E-state index < -0.39 is 0 Å². The molecule has 0 spiro atoms. The van der Waals surface area contributed by atoms with Crippen molar-refractivity contribution in [3.05, 3.63) is 42.5 Å². The fraction of sp³-hybridized carbons (Fsp3) is 0.286. The predicted octanol–water partition coefficient (Wildman–Crippen LogP) is 1.80. The summed E-state index contributed by atoms with van der Waals surface area (Å²) in [6.45, 7) is 2.15. The van der Waals surface area contributed by atoms with Crippen LogP contribution in [0, 0.1) is 0 Å². The Morgan fingerprint density at radius 2 is 2.30 bits per heavy atom. The van der Waals surface area contributed by atoms with Crippen molar-refractivity contribution in [1.82, 2.24) is 10.3 Å². The summed E-state index contributed by atoms with van der Waals surface area (Å²) < 4.78 is 10.1. The first kappa shape index (κ1) is 13.9. The molecule has 2 rings (SSSR count). The van der Waals surface area contributed by atoms with Crippen LogP contribution in [0.4, 0.5) is 5.69 Å². The molecule has 1 atom stereocenters. The lowest BCUT2D eigenvalue weighted by Crippen LogP contribution is -2.37. The number of carbonyl (C=O) groups excluding carboxylic acids is 1. The summed E-state index contributed by atoms with van der Waals surface area (Å²) in [5.74, 6) is 1.14. The maximum Gasteiger partial charge on any atom is 0.242 e. The zero-order valence-electron chi connectivity index (χ0n) is 11.4. The Balaban J connectivity index is 1.83. The number of aromatic nitrogens is 1. The number of nitrogens with zero attached hydrogens (tertiary/aromatic N) is 1. The zero-order chi connectivity index (χ0) is 14.4. The minimum Gasteiger partial charge on any atom is -0.481 e. The van der Waals surface area contributed by atoms with Gasteiger partial charge in [0, 0.05) is 6.07 Å². The van der Waals surface area contributed by atoms with Gasteiger partial charge in [-0.2, -0.15) is 0 Å². The molecule has 1 unspecified atom stereocenters.